The van der Waals surface area contributed by atoms with Crippen molar-refractivity contribution in [2.75, 3.05) is 6.61 Å². The first-order valence-electron chi connectivity index (χ1n) is 6.71. The van der Waals surface area contributed by atoms with Crippen LogP contribution in [0.25, 0.3) is 0 Å². The van der Waals surface area contributed by atoms with Gasteiger partial charge in [-0.05, 0) is 43.9 Å². The lowest BCUT2D eigenvalue weighted by molar-refractivity contribution is -0.130. The van der Waals surface area contributed by atoms with E-state index < -0.39 is 22.0 Å². The van der Waals surface area contributed by atoms with Gasteiger partial charge in [-0.15, -0.1) is 0 Å². The van der Waals surface area contributed by atoms with Crippen LogP contribution in [0.4, 0.5) is 0 Å². The van der Waals surface area contributed by atoms with Crippen LogP contribution in [0, 0.1) is 17.2 Å². The van der Waals surface area contributed by atoms with Crippen LogP contribution >= 0.6 is 11.6 Å². The summed E-state index contributed by atoms with van der Waals surface area (Å²) < 4.78 is 31.5. The van der Waals surface area contributed by atoms with Gasteiger partial charge >= 0.3 is 0 Å². The summed E-state index contributed by atoms with van der Waals surface area (Å²) >= 11 is 5.80. The Labute approximate surface area is 134 Å². The molecule has 1 aliphatic rings. The van der Waals surface area contributed by atoms with Crippen molar-refractivity contribution in [1.29, 1.82) is 5.26 Å². The number of sulfonamides is 1. The molecular weight excluding hydrogens is 328 g/mol. The zero-order valence-electron chi connectivity index (χ0n) is 11.9. The van der Waals surface area contributed by atoms with E-state index in [0.29, 0.717) is 12.5 Å². The summed E-state index contributed by atoms with van der Waals surface area (Å²) in [5.74, 6) is -0.259. The number of hydrogen-bond acceptors (Lipinski definition) is 5. The van der Waals surface area contributed by atoms with Gasteiger partial charge in [0.1, 0.15) is 12.2 Å². The molecule has 0 radical (unpaired) electrons. The van der Waals surface area contributed by atoms with Crippen molar-refractivity contribution < 1.29 is 17.9 Å². The fraction of sp³-hybridized carbons (Fsp3) is 0.429. The molecule has 1 fully saturated rings. The lowest BCUT2D eigenvalue weighted by atomic mass is 10.2. The van der Waals surface area contributed by atoms with Crippen LogP contribution in [0.1, 0.15) is 25.3 Å². The van der Waals surface area contributed by atoms with Crippen molar-refractivity contribution >= 4 is 27.5 Å². The zero-order chi connectivity index (χ0) is 16.3. The third-order valence-corrected chi connectivity index (χ3v) is 4.91. The highest BCUT2D eigenvalue weighted by Crippen LogP contribution is 2.29. The monoisotopic (exact) mass is 342 g/mol. The molecule has 1 amide bonds. The molecule has 1 saturated carbocycles. The largest absolute Gasteiger partial charge is 0.368 e. The fourth-order valence-corrected chi connectivity index (χ4v) is 3.02. The number of hydrogen-bond donors (Lipinski definition) is 1. The van der Waals surface area contributed by atoms with Gasteiger partial charge in [-0.2, -0.15) is 5.26 Å². The molecule has 0 heterocycles. The van der Waals surface area contributed by atoms with Gasteiger partial charge in [0, 0.05) is 0 Å². The van der Waals surface area contributed by atoms with E-state index in [1.165, 1.54) is 19.1 Å². The van der Waals surface area contributed by atoms with Crippen LogP contribution in [0.2, 0.25) is 5.02 Å². The number of benzene rings is 1. The van der Waals surface area contributed by atoms with Gasteiger partial charge in [-0.25, -0.2) is 13.1 Å². The van der Waals surface area contributed by atoms with Crippen molar-refractivity contribution in [2.24, 2.45) is 5.92 Å². The van der Waals surface area contributed by atoms with Gasteiger partial charge in [0.15, 0.2) is 0 Å². The quantitative estimate of drug-likeness (QED) is 0.850. The van der Waals surface area contributed by atoms with Crippen molar-refractivity contribution in [1.82, 2.24) is 4.72 Å². The Morgan fingerprint density at radius 2 is 2.23 bits per heavy atom. The summed E-state index contributed by atoms with van der Waals surface area (Å²) in [6, 6.07) is 5.47. The molecule has 0 aliphatic heterocycles. The minimum Gasteiger partial charge on any atom is -0.368 e. The van der Waals surface area contributed by atoms with Crippen molar-refractivity contribution in [2.45, 2.75) is 30.8 Å². The van der Waals surface area contributed by atoms with Gasteiger partial charge in [-0.3, -0.25) is 4.79 Å². The van der Waals surface area contributed by atoms with Crippen LogP contribution in [0.3, 0.4) is 0 Å². The Bertz CT molecular complexity index is 723. The maximum atomic E-state index is 12.1. The lowest BCUT2D eigenvalue weighted by Gasteiger charge is -2.13. The molecule has 22 heavy (non-hydrogen) atoms. The highest BCUT2D eigenvalue weighted by atomic mass is 35.5. The maximum Gasteiger partial charge on any atom is 0.264 e. The summed E-state index contributed by atoms with van der Waals surface area (Å²) in [4.78, 5) is 11.7. The standard InChI is InChI=1S/C14H15ClN2O4S/c1-9(21-8-10-2-3-10)14(18)17-22(19,20)12-5-4-11(7-16)13(15)6-12/h4-6,9-10H,2-3,8H2,1H3,(H,17,18). The van der Waals surface area contributed by atoms with E-state index in [0.717, 1.165) is 18.9 Å². The van der Waals surface area contributed by atoms with E-state index in [1.54, 1.807) is 0 Å². The first-order chi connectivity index (χ1) is 10.3. The zero-order valence-corrected chi connectivity index (χ0v) is 13.4. The van der Waals surface area contributed by atoms with Crippen LogP contribution < -0.4 is 4.72 Å². The van der Waals surface area contributed by atoms with Gasteiger partial charge in [0.05, 0.1) is 22.1 Å². The SMILES string of the molecule is CC(OCC1CC1)C(=O)NS(=O)(=O)c1ccc(C#N)c(Cl)c1. The van der Waals surface area contributed by atoms with E-state index in [-0.39, 0.29) is 15.5 Å². The number of nitriles is 1. The highest BCUT2D eigenvalue weighted by molar-refractivity contribution is 7.90. The van der Waals surface area contributed by atoms with Gasteiger partial charge < -0.3 is 4.74 Å². The van der Waals surface area contributed by atoms with E-state index in [4.69, 9.17) is 21.6 Å². The second kappa shape index (κ2) is 6.65. The van der Waals surface area contributed by atoms with Crippen molar-refractivity contribution in [3.05, 3.63) is 28.8 Å². The summed E-state index contributed by atoms with van der Waals surface area (Å²) in [5.41, 5.74) is 0.160. The molecule has 1 aromatic carbocycles. The topological polar surface area (TPSA) is 96.3 Å². The molecule has 0 saturated heterocycles. The first kappa shape index (κ1) is 16.7. The summed E-state index contributed by atoms with van der Waals surface area (Å²) in [7, 11) is -4.05. The Kier molecular flexibility index (Phi) is 5.06. The molecule has 0 aromatic heterocycles. The molecule has 8 heteroatoms. The molecule has 1 aromatic rings. The normalized spacial score (nSPS) is 15.9. The highest BCUT2D eigenvalue weighted by Gasteiger charge is 2.26. The van der Waals surface area contributed by atoms with Crippen LogP contribution in [0.15, 0.2) is 23.1 Å². The molecule has 0 spiro atoms. The average molecular weight is 343 g/mol. The molecule has 1 aliphatic carbocycles. The predicted molar refractivity (Wildman–Crippen MR) is 79.6 cm³/mol. The second-order valence-electron chi connectivity index (χ2n) is 5.14. The third-order valence-electron chi connectivity index (χ3n) is 3.25. The van der Waals surface area contributed by atoms with E-state index in [1.807, 2.05) is 10.8 Å². The molecule has 0 bridgehead atoms. The third kappa shape index (κ3) is 4.19. The predicted octanol–water partition coefficient (Wildman–Crippen LogP) is 1.83. The number of nitrogens with one attached hydrogen (secondary N) is 1. The minimum absolute atomic E-state index is 0.0101. The van der Waals surface area contributed by atoms with Gasteiger partial charge in [0.2, 0.25) is 0 Å². The van der Waals surface area contributed by atoms with Gasteiger partial charge in [-0.1, -0.05) is 11.6 Å². The first-order valence-corrected chi connectivity index (χ1v) is 8.57. The Hall–Kier alpha value is -1.62. The molecule has 6 nitrogen and oxygen atoms in total. The number of ether oxygens (including phenoxy) is 1. The van der Waals surface area contributed by atoms with Crippen molar-refractivity contribution in [3.63, 3.8) is 0 Å². The molecule has 1 N–H and O–H groups in total. The fourth-order valence-electron chi connectivity index (χ4n) is 1.67. The molecule has 1 atom stereocenters. The summed E-state index contributed by atoms with van der Waals surface area (Å²) in [6.45, 7) is 1.95. The number of nitrogens with zero attached hydrogens (tertiary/aromatic N) is 1. The summed E-state index contributed by atoms with van der Waals surface area (Å²) in [6.07, 6.45) is 1.30. The minimum atomic E-state index is -4.05. The van der Waals surface area contributed by atoms with E-state index >= 15 is 0 Å². The number of amides is 1. The Morgan fingerprint density at radius 3 is 2.77 bits per heavy atom. The van der Waals surface area contributed by atoms with Gasteiger partial charge in [0.25, 0.3) is 15.9 Å². The van der Waals surface area contributed by atoms with E-state index in [9.17, 15) is 13.2 Å². The van der Waals surface area contributed by atoms with E-state index in [2.05, 4.69) is 0 Å². The number of carbonyl (C=O) groups is 1. The number of halogens is 1. The Balaban J connectivity index is 2.04. The number of rotatable bonds is 6. The van der Waals surface area contributed by atoms with Crippen LogP contribution in [-0.2, 0) is 19.6 Å². The average Bonchev–Trinajstić information content (AvgIpc) is 3.28. The Morgan fingerprint density at radius 1 is 1.55 bits per heavy atom. The van der Waals surface area contributed by atoms with Crippen LogP contribution in [-0.4, -0.2) is 27.0 Å². The summed E-state index contributed by atoms with van der Waals surface area (Å²) in [5, 5.41) is 8.78. The maximum absolute atomic E-state index is 12.1. The smallest absolute Gasteiger partial charge is 0.264 e. The molecule has 2 rings (SSSR count). The molecular formula is C14H15ClN2O4S. The number of carbonyl (C=O) groups excluding carboxylic acids is 1. The van der Waals surface area contributed by atoms with Crippen molar-refractivity contribution in [3.8, 4) is 6.07 Å². The second-order valence-corrected chi connectivity index (χ2v) is 7.23. The van der Waals surface area contributed by atoms with Crippen LogP contribution in [0.5, 0.6) is 0 Å². The molecule has 1 unspecified atom stereocenters. The molecule has 118 valence electrons. The lowest BCUT2D eigenvalue weighted by Crippen LogP contribution is -2.38.